The minimum atomic E-state index is 0.0997. The van der Waals surface area contributed by atoms with E-state index in [1.54, 1.807) is 0 Å². The van der Waals surface area contributed by atoms with Crippen LogP contribution in [0.5, 0.6) is 0 Å². The zero-order chi connectivity index (χ0) is 21.1. The zero-order valence-electron chi connectivity index (χ0n) is 18.1. The van der Waals surface area contributed by atoms with Gasteiger partial charge < -0.3 is 19.9 Å². The zero-order valence-corrected chi connectivity index (χ0v) is 18.1. The number of hydrogen-bond donors (Lipinski definition) is 2. The fourth-order valence-electron chi connectivity index (χ4n) is 4.38. The van der Waals surface area contributed by atoms with E-state index in [-0.39, 0.29) is 6.61 Å². The molecule has 2 N–H and O–H groups in total. The van der Waals surface area contributed by atoms with Crippen molar-refractivity contribution < 1.29 is 5.11 Å². The van der Waals surface area contributed by atoms with E-state index < -0.39 is 0 Å². The summed E-state index contributed by atoms with van der Waals surface area (Å²) in [6, 6.07) is 8.75. The van der Waals surface area contributed by atoms with Crippen LogP contribution in [0.2, 0.25) is 0 Å². The largest absolute Gasteiger partial charge is 0.395 e. The lowest BCUT2D eigenvalue weighted by Gasteiger charge is -2.31. The number of anilines is 1. The second-order valence-electron chi connectivity index (χ2n) is 8.21. The van der Waals surface area contributed by atoms with Crippen LogP contribution in [0, 0.1) is 13.8 Å². The molecule has 0 aliphatic carbocycles. The molecular weight excluding hydrogens is 374 g/mol. The average Bonchev–Trinajstić information content (AvgIpc) is 3.04. The van der Waals surface area contributed by atoms with Gasteiger partial charge in [0.15, 0.2) is 0 Å². The van der Waals surface area contributed by atoms with Crippen LogP contribution >= 0.6 is 0 Å². The lowest BCUT2D eigenvalue weighted by Crippen LogP contribution is -2.32. The van der Waals surface area contributed by atoms with E-state index in [0.717, 1.165) is 35.5 Å². The first-order valence-electron chi connectivity index (χ1n) is 10.7. The van der Waals surface area contributed by atoms with Gasteiger partial charge >= 0.3 is 0 Å². The first-order chi connectivity index (χ1) is 14.5. The van der Waals surface area contributed by atoms with Gasteiger partial charge in [0.1, 0.15) is 0 Å². The molecule has 30 heavy (non-hydrogen) atoms. The molecule has 0 radical (unpaired) electrons. The van der Waals surface area contributed by atoms with Crippen LogP contribution in [0.3, 0.4) is 0 Å². The number of fused-ring (bicyclic) bond motifs is 1. The highest BCUT2D eigenvalue weighted by Gasteiger charge is 2.21. The number of hydrogen-bond acceptors (Lipinski definition) is 5. The summed E-state index contributed by atoms with van der Waals surface area (Å²) in [6.45, 7) is 7.37. The van der Waals surface area contributed by atoms with E-state index in [9.17, 15) is 0 Å². The number of piperidine rings is 1. The smallest absolute Gasteiger partial charge is 0.0914 e. The first kappa shape index (κ1) is 20.6. The van der Waals surface area contributed by atoms with Gasteiger partial charge in [0.05, 0.1) is 29.5 Å². The summed E-state index contributed by atoms with van der Waals surface area (Å²) in [4.78, 5) is 11.7. The Morgan fingerprint density at radius 2 is 1.93 bits per heavy atom. The van der Waals surface area contributed by atoms with E-state index in [0.29, 0.717) is 12.6 Å². The summed E-state index contributed by atoms with van der Waals surface area (Å²) in [5.41, 5.74) is 7.37. The van der Waals surface area contributed by atoms with Gasteiger partial charge in [-0.25, -0.2) is 4.98 Å². The van der Waals surface area contributed by atoms with Gasteiger partial charge in [-0.1, -0.05) is 6.08 Å². The molecule has 0 amide bonds. The third-order valence-electron chi connectivity index (χ3n) is 6.01. The second kappa shape index (κ2) is 8.98. The standard InChI is InChI=1S/C24H31N5O/c1-17-14-19(18(2)29(17)22-8-11-28(3)12-9-22)4-5-21-16-26-23-7-6-20(25-10-13-30)15-24(23)27-21/h4-7,14-16,22,25,30H,8-13H2,1-3H3/b5-4+. The van der Waals surface area contributed by atoms with Crippen molar-refractivity contribution in [3.8, 4) is 0 Å². The van der Waals surface area contributed by atoms with Crippen LogP contribution < -0.4 is 5.32 Å². The molecule has 6 heteroatoms. The molecule has 158 valence electrons. The van der Waals surface area contributed by atoms with Gasteiger partial charge in [-0.05, 0) is 82.7 Å². The van der Waals surface area contributed by atoms with Crippen molar-refractivity contribution in [2.24, 2.45) is 0 Å². The Hall–Kier alpha value is -2.70. The lowest BCUT2D eigenvalue weighted by atomic mass is 10.0. The summed E-state index contributed by atoms with van der Waals surface area (Å²) in [6.07, 6.45) is 8.42. The number of nitrogens with one attached hydrogen (secondary N) is 1. The number of aryl methyl sites for hydroxylation is 1. The highest BCUT2D eigenvalue weighted by Crippen LogP contribution is 2.29. The van der Waals surface area contributed by atoms with Crippen molar-refractivity contribution in [1.82, 2.24) is 19.4 Å². The topological polar surface area (TPSA) is 66.2 Å². The molecule has 6 nitrogen and oxygen atoms in total. The highest BCUT2D eigenvalue weighted by atomic mass is 16.3. The molecule has 1 saturated heterocycles. The van der Waals surface area contributed by atoms with Crippen LogP contribution in [0.25, 0.3) is 23.2 Å². The molecule has 0 spiro atoms. The van der Waals surface area contributed by atoms with Gasteiger partial charge in [0.2, 0.25) is 0 Å². The van der Waals surface area contributed by atoms with Crippen LogP contribution in [0.15, 0.2) is 30.5 Å². The SMILES string of the molecule is Cc1cc(/C=C/c2cnc3ccc(NCCO)cc3n2)c(C)n1C1CCN(C)CC1. The number of aromatic nitrogens is 3. The second-order valence-corrected chi connectivity index (χ2v) is 8.21. The molecule has 4 rings (SSSR count). The Labute approximate surface area is 178 Å². The number of rotatable bonds is 6. The summed E-state index contributed by atoms with van der Waals surface area (Å²) < 4.78 is 2.51. The van der Waals surface area contributed by atoms with Gasteiger partial charge in [-0.15, -0.1) is 0 Å². The monoisotopic (exact) mass is 405 g/mol. The molecule has 1 aliphatic rings. The van der Waals surface area contributed by atoms with Crippen molar-refractivity contribution in [2.45, 2.75) is 32.7 Å². The molecule has 2 aromatic heterocycles. The average molecular weight is 406 g/mol. The Morgan fingerprint density at radius 1 is 1.13 bits per heavy atom. The Bertz CT molecular complexity index is 1050. The third-order valence-corrected chi connectivity index (χ3v) is 6.01. The lowest BCUT2D eigenvalue weighted by molar-refractivity contribution is 0.218. The summed E-state index contributed by atoms with van der Waals surface area (Å²) >= 11 is 0. The molecule has 0 bridgehead atoms. The highest BCUT2D eigenvalue weighted by molar-refractivity contribution is 5.80. The number of aliphatic hydroxyl groups is 1. The molecule has 1 aliphatic heterocycles. The van der Waals surface area contributed by atoms with Crippen molar-refractivity contribution in [1.29, 1.82) is 0 Å². The molecule has 0 atom stereocenters. The fourth-order valence-corrected chi connectivity index (χ4v) is 4.38. The van der Waals surface area contributed by atoms with E-state index in [1.165, 1.54) is 29.8 Å². The van der Waals surface area contributed by atoms with Crippen LogP contribution in [-0.4, -0.2) is 57.8 Å². The molecule has 3 heterocycles. The number of aliphatic hydroxyl groups excluding tert-OH is 1. The molecule has 0 unspecified atom stereocenters. The maximum Gasteiger partial charge on any atom is 0.0914 e. The maximum atomic E-state index is 9.00. The number of likely N-dealkylation sites (tertiary alicyclic amines) is 1. The molecular formula is C24H31N5O. The van der Waals surface area contributed by atoms with E-state index in [4.69, 9.17) is 10.1 Å². The summed E-state index contributed by atoms with van der Waals surface area (Å²) in [7, 11) is 2.20. The quantitative estimate of drug-likeness (QED) is 0.651. The van der Waals surface area contributed by atoms with Crippen LogP contribution in [-0.2, 0) is 0 Å². The van der Waals surface area contributed by atoms with Gasteiger partial charge in [0.25, 0.3) is 0 Å². The van der Waals surface area contributed by atoms with Gasteiger partial charge in [0, 0.05) is 29.7 Å². The van der Waals surface area contributed by atoms with E-state index in [1.807, 2.05) is 30.5 Å². The van der Waals surface area contributed by atoms with Crippen molar-refractivity contribution in [3.63, 3.8) is 0 Å². The number of benzene rings is 1. The molecule has 1 fully saturated rings. The summed E-state index contributed by atoms with van der Waals surface area (Å²) in [5.74, 6) is 0. The molecule has 3 aromatic rings. The summed E-state index contributed by atoms with van der Waals surface area (Å²) in [5, 5.41) is 12.2. The van der Waals surface area contributed by atoms with Crippen LogP contribution in [0.4, 0.5) is 5.69 Å². The number of nitrogens with zero attached hydrogens (tertiary/aromatic N) is 4. The molecule has 0 saturated carbocycles. The van der Waals surface area contributed by atoms with Crippen molar-refractivity contribution >= 4 is 28.9 Å². The van der Waals surface area contributed by atoms with Crippen LogP contribution in [0.1, 0.15) is 41.5 Å². The van der Waals surface area contributed by atoms with Gasteiger partial charge in [-0.2, -0.15) is 0 Å². The third kappa shape index (κ3) is 4.40. The predicted octanol–water partition coefficient (Wildman–Crippen LogP) is 3.89. The Kier molecular flexibility index (Phi) is 6.16. The fraction of sp³-hybridized carbons (Fsp3) is 0.417. The minimum absolute atomic E-state index is 0.0997. The minimum Gasteiger partial charge on any atom is -0.395 e. The maximum absolute atomic E-state index is 9.00. The predicted molar refractivity (Wildman–Crippen MR) is 124 cm³/mol. The Morgan fingerprint density at radius 3 is 2.70 bits per heavy atom. The van der Waals surface area contributed by atoms with E-state index in [2.05, 4.69) is 52.8 Å². The molecule has 1 aromatic carbocycles. The first-order valence-corrected chi connectivity index (χ1v) is 10.7. The van der Waals surface area contributed by atoms with E-state index >= 15 is 0 Å². The van der Waals surface area contributed by atoms with Crippen molar-refractivity contribution in [2.75, 3.05) is 38.6 Å². The normalized spacial score (nSPS) is 16.0. The Balaban J connectivity index is 1.56. The van der Waals surface area contributed by atoms with Gasteiger partial charge in [-0.3, -0.25) is 4.98 Å². The van der Waals surface area contributed by atoms with Crippen molar-refractivity contribution in [3.05, 3.63) is 53.1 Å².